The monoisotopic (exact) mass is 243 g/mol. The number of benzene rings is 1. The summed E-state index contributed by atoms with van der Waals surface area (Å²) in [6.07, 6.45) is 2.19. The van der Waals surface area contributed by atoms with E-state index in [0.29, 0.717) is 6.42 Å². The summed E-state index contributed by atoms with van der Waals surface area (Å²) in [5.74, 6) is 0.0418. The molecule has 1 aromatic carbocycles. The largest absolute Gasteiger partial charge is 0.355 e. The van der Waals surface area contributed by atoms with Crippen molar-refractivity contribution >= 4 is 5.91 Å². The van der Waals surface area contributed by atoms with Crippen molar-refractivity contribution in [1.29, 1.82) is 5.26 Å². The van der Waals surface area contributed by atoms with Crippen molar-refractivity contribution in [3.8, 4) is 6.07 Å². The molecule has 1 aliphatic heterocycles. The Hall–Kier alpha value is -1.86. The molecule has 0 aliphatic carbocycles. The number of nitrogens with one attached hydrogen (secondary N) is 2. The summed E-state index contributed by atoms with van der Waals surface area (Å²) in [7, 11) is 0. The lowest BCUT2D eigenvalue weighted by Crippen LogP contribution is -2.49. The van der Waals surface area contributed by atoms with Crippen molar-refractivity contribution in [2.45, 2.75) is 31.3 Å². The molecule has 1 saturated heterocycles. The highest BCUT2D eigenvalue weighted by Gasteiger charge is 2.25. The molecule has 1 heterocycles. The molecule has 0 aromatic heterocycles. The van der Waals surface area contributed by atoms with E-state index < -0.39 is 0 Å². The molecular weight excluding hydrogens is 226 g/mol. The van der Waals surface area contributed by atoms with E-state index >= 15 is 0 Å². The van der Waals surface area contributed by atoms with Crippen LogP contribution in [0.1, 0.15) is 30.9 Å². The zero-order chi connectivity index (χ0) is 12.8. The van der Waals surface area contributed by atoms with Gasteiger partial charge in [0, 0.05) is 12.6 Å². The number of rotatable bonds is 4. The van der Waals surface area contributed by atoms with E-state index in [2.05, 4.69) is 16.7 Å². The summed E-state index contributed by atoms with van der Waals surface area (Å²) in [5.41, 5.74) is 1.05. The minimum atomic E-state index is -0.183. The lowest BCUT2D eigenvalue weighted by molar-refractivity contribution is -0.124. The molecule has 18 heavy (non-hydrogen) atoms. The molecule has 2 unspecified atom stereocenters. The van der Waals surface area contributed by atoms with Crippen LogP contribution in [-0.4, -0.2) is 18.5 Å². The topological polar surface area (TPSA) is 64.9 Å². The smallest absolute Gasteiger partial charge is 0.237 e. The van der Waals surface area contributed by atoms with Crippen molar-refractivity contribution in [3.05, 3.63) is 35.9 Å². The van der Waals surface area contributed by atoms with E-state index in [-0.39, 0.29) is 18.0 Å². The van der Waals surface area contributed by atoms with Gasteiger partial charge in [-0.05, 0) is 18.4 Å². The van der Waals surface area contributed by atoms with Gasteiger partial charge in [-0.15, -0.1) is 0 Å². The van der Waals surface area contributed by atoms with Crippen LogP contribution in [0.4, 0.5) is 0 Å². The number of hydrogen-bond acceptors (Lipinski definition) is 3. The van der Waals surface area contributed by atoms with Gasteiger partial charge in [0.15, 0.2) is 0 Å². The fourth-order valence-corrected chi connectivity index (χ4v) is 2.22. The summed E-state index contributed by atoms with van der Waals surface area (Å²) in [5, 5.41) is 15.0. The Bertz CT molecular complexity index is 438. The second kappa shape index (κ2) is 6.18. The molecule has 94 valence electrons. The second-order valence-corrected chi connectivity index (χ2v) is 4.48. The molecule has 0 radical (unpaired) electrons. The zero-order valence-electron chi connectivity index (χ0n) is 10.2. The van der Waals surface area contributed by atoms with Crippen LogP contribution < -0.4 is 10.6 Å². The normalized spacial score (nSPS) is 20.8. The predicted octanol–water partition coefficient (Wildman–Crippen LogP) is 1.51. The lowest BCUT2D eigenvalue weighted by Gasteiger charge is -2.27. The number of carbonyl (C=O) groups is 1. The molecule has 0 spiro atoms. The molecule has 4 nitrogen and oxygen atoms in total. The van der Waals surface area contributed by atoms with Crippen LogP contribution in [0.15, 0.2) is 30.3 Å². The summed E-state index contributed by atoms with van der Waals surface area (Å²) >= 11 is 0. The van der Waals surface area contributed by atoms with Crippen molar-refractivity contribution in [2.75, 3.05) is 6.54 Å². The Balaban J connectivity index is 2.07. The first-order valence-electron chi connectivity index (χ1n) is 6.27. The van der Waals surface area contributed by atoms with Crippen LogP contribution >= 0.6 is 0 Å². The molecular formula is C14H17N3O. The van der Waals surface area contributed by atoms with Gasteiger partial charge in [-0.2, -0.15) is 5.26 Å². The number of amides is 1. The summed E-state index contributed by atoms with van der Waals surface area (Å²) in [6.45, 7) is 0.755. The highest BCUT2D eigenvalue weighted by molar-refractivity contribution is 5.82. The number of carbonyl (C=O) groups excluding carboxylic acids is 1. The molecule has 0 saturated carbocycles. The number of nitrogens with zero attached hydrogens (tertiary/aromatic N) is 1. The van der Waals surface area contributed by atoms with Crippen LogP contribution in [0.5, 0.6) is 0 Å². The van der Waals surface area contributed by atoms with Crippen molar-refractivity contribution in [1.82, 2.24) is 10.6 Å². The predicted molar refractivity (Wildman–Crippen MR) is 68.6 cm³/mol. The SMILES string of the molecule is N#CCC(NC1CCCNC1=O)c1ccccc1. The van der Waals surface area contributed by atoms with Crippen LogP contribution in [0, 0.1) is 11.3 Å². The van der Waals surface area contributed by atoms with Gasteiger partial charge in [0.05, 0.1) is 18.5 Å². The third-order valence-electron chi connectivity index (χ3n) is 3.19. The third kappa shape index (κ3) is 3.08. The maximum Gasteiger partial charge on any atom is 0.237 e. The van der Waals surface area contributed by atoms with Crippen molar-refractivity contribution in [2.24, 2.45) is 0 Å². The molecule has 1 aromatic rings. The van der Waals surface area contributed by atoms with E-state index in [1.165, 1.54) is 0 Å². The van der Waals surface area contributed by atoms with E-state index in [0.717, 1.165) is 24.9 Å². The van der Waals surface area contributed by atoms with Gasteiger partial charge in [-0.25, -0.2) is 0 Å². The molecule has 2 atom stereocenters. The third-order valence-corrected chi connectivity index (χ3v) is 3.19. The average molecular weight is 243 g/mol. The lowest BCUT2D eigenvalue weighted by atomic mass is 10.00. The quantitative estimate of drug-likeness (QED) is 0.842. The van der Waals surface area contributed by atoms with Gasteiger partial charge in [0.1, 0.15) is 0 Å². The van der Waals surface area contributed by atoms with Gasteiger partial charge in [-0.1, -0.05) is 30.3 Å². The van der Waals surface area contributed by atoms with Crippen molar-refractivity contribution < 1.29 is 4.79 Å². The fourth-order valence-electron chi connectivity index (χ4n) is 2.22. The van der Waals surface area contributed by atoms with Gasteiger partial charge in [0.25, 0.3) is 0 Å². The van der Waals surface area contributed by atoms with E-state index in [9.17, 15) is 4.79 Å². The van der Waals surface area contributed by atoms with Crippen LogP contribution in [0.2, 0.25) is 0 Å². The molecule has 4 heteroatoms. The minimum absolute atomic E-state index is 0.0418. The molecule has 1 amide bonds. The average Bonchev–Trinajstić information content (AvgIpc) is 2.42. The second-order valence-electron chi connectivity index (χ2n) is 4.48. The highest BCUT2D eigenvalue weighted by atomic mass is 16.2. The Labute approximate surface area is 107 Å². The number of piperidine rings is 1. The van der Waals surface area contributed by atoms with Gasteiger partial charge in [-0.3, -0.25) is 10.1 Å². The van der Waals surface area contributed by atoms with Crippen LogP contribution in [-0.2, 0) is 4.79 Å². The Kier molecular flexibility index (Phi) is 4.32. The molecule has 1 fully saturated rings. The van der Waals surface area contributed by atoms with Gasteiger partial charge >= 0.3 is 0 Å². The Morgan fingerprint density at radius 2 is 2.22 bits per heavy atom. The number of hydrogen-bond donors (Lipinski definition) is 2. The van der Waals surface area contributed by atoms with Gasteiger partial charge in [0.2, 0.25) is 5.91 Å². The maximum atomic E-state index is 11.7. The fraction of sp³-hybridized carbons (Fsp3) is 0.429. The zero-order valence-corrected chi connectivity index (χ0v) is 10.2. The molecule has 0 bridgehead atoms. The van der Waals surface area contributed by atoms with Crippen molar-refractivity contribution in [3.63, 3.8) is 0 Å². The summed E-state index contributed by atoms with van der Waals surface area (Å²) in [6, 6.07) is 11.7. The molecule has 2 rings (SSSR count). The number of nitriles is 1. The van der Waals surface area contributed by atoms with E-state index in [1.807, 2.05) is 30.3 Å². The first-order chi connectivity index (χ1) is 8.81. The summed E-state index contributed by atoms with van der Waals surface area (Å²) in [4.78, 5) is 11.7. The Morgan fingerprint density at radius 1 is 1.44 bits per heavy atom. The van der Waals surface area contributed by atoms with E-state index in [4.69, 9.17) is 5.26 Å². The van der Waals surface area contributed by atoms with Crippen LogP contribution in [0.25, 0.3) is 0 Å². The highest BCUT2D eigenvalue weighted by Crippen LogP contribution is 2.18. The maximum absolute atomic E-state index is 11.7. The first-order valence-corrected chi connectivity index (χ1v) is 6.27. The first kappa shape index (κ1) is 12.6. The van der Waals surface area contributed by atoms with Crippen LogP contribution in [0.3, 0.4) is 0 Å². The van der Waals surface area contributed by atoms with E-state index in [1.54, 1.807) is 0 Å². The minimum Gasteiger partial charge on any atom is -0.355 e. The standard InChI is InChI=1S/C14H17N3O/c15-9-8-12(11-5-2-1-3-6-11)17-13-7-4-10-16-14(13)18/h1-3,5-6,12-13,17H,4,7-8,10H2,(H,16,18). The Morgan fingerprint density at radius 3 is 2.89 bits per heavy atom. The summed E-state index contributed by atoms with van der Waals surface area (Å²) < 4.78 is 0. The molecule has 2 N–H and O–H groups in total. The van der Waals surface area contributed by atoms with Gasteiger partial charge < -0.3 is 5.32 Å². The molecule has 1 aliphatic rings.